The third-order valence-corrected chi connectivity index (χ3v) is 3.79. The predicted octanol–water partition coefficient (Wildman–Crippen LogP) is 4.70. The highest BCUT2D eigenvalue weighted by Gasteiger charge is 2.25. The van der Waals surface area contributed by atoms with Crippen LogP contribution in [0, 0.1) is 0 Å². The number of carbonyl (C=O) groups is 1. The van der Waals surface area contributed by atoms with Crippen molar-refractivity contribution in [3.63, 3.8) is 0 Å². The lowest BCUT2D eigenvalue weighted by Crippen LogP contribution is -1.94. The Hall–Kier alpha value is -1.67. The number of fused-ring (bicyclic) bond motifs is 3. The van der Waals surface area contributed by atoms with Crippen LogP contribution in [0.5, 0.6) is 0 Å². The maximum Gasteiger partial charge on any atom is 0.194 e. The van der Waals surface area contributed by atoms with Crippen molar-refractivity contribution in [3.8, 4) is 11.1 Å². The van der Waals surface area contributed by atoms with Crippen LogP contribution in [0.4, 0.5) is 0 Å². The summed E-state index contributed by atoms with van der Waals surface area (Å²) < 4.78 is 0. The molecule has 0 spiro atoms. The molecule has 2 heteroatoms. The average molecular weight is 313 g/mol. The van der Waals surface area contributed by atoms with E-state index >= 15 is 0 Å². The van der Waals surface area contributed by atoms with Crippen LogP contribution in [0.1, 0.15) is 27.9 Å². The summed E-state index contributed by atoms with van der Waals surface area (Å²) in [5, 5.41) is 0.957. The topological polar surface area (TPSA) is 17.1 Å². The van der Waals surface area contributed by atoms with Gasteiger partial charge >= 0.3 is 0 Å². The number of allylic oxidation sites excluding steroid dienone is 1. The normalized spacial score (nSPS) is 12.8. The molecule has 0 aliphatic heterocycles. The molecule has 0 fully saturated rings. The molecule has 2 aromatic carbocycles. The minimum atomic E-state index is 0.140. The highest BCUT2D eigenvalue weighted by molar-refractivity contribution is 9.09. The highest BCUT2D eigenvalue weighted by atomic mass is 79.9. The van der Waals surface area contributed by atoms with Gasteiger partial charge in [-0.2, -0.15) is 0 Å². The molecule has 19 heavy (non-hydrogen) atoms. The van der Waals surface area contributed by atoms with E-state index < -0.39 is 0 Å². The summed E-state index contributed by atoms with van der Waals surface area (Å²) in [5.74, 6) is 0.140. The number of benzene rings is 2. The van der Waals surface area contributed by atoms with Gasteiger partial charge in [0.1, 0.15) is 0 Å². The molecule has 1 aliphatic rings. The average Bonchev–Trinajstić information content (AvgIpc) is 2.73. The van der Waals surface area contributed by atoms with Crippen molar-refractivity contribution >= 4 is 27.8 Å². The van der Waals surface area contributed by atoms with Gasteiger partial charge in [-0.25, -0.2) is 0 Å². The summed E-state index contributed by atoms with van der Waals surface area (Å²) in [4.78, 5) is 12.3. The number of halogens is 1. The van der Waals surface area contributed by atoms with Crippen molar-refractivity contribution in [1.29, 1.82) is 0 Å². The molecule has 2 aromatic rings. The number of alkyl halides is 1. The fourth-order valence-corrected chi connectivity index (χ4v) is 2.70. The van der Waals surface area contributed by atoms with E-state index in [1.165, 1.54) is 0 Å². The first-order valence-corrected chi connectivity index (χ1v) is 7.44. The van der Waals surface area contributed by atoms with E-state index in [9.17, 15) is 4.79 Å². The lowest BCUT2D eigenvalue weighted by atomic mass is 10.0. The second kappa shape index (κ2) is 5.14. The van der Waals surface area contributed by atoms with Gasteiger partial charge in [0.05, 0.1) is 0 Å². The van der Waals surface area contributed by atoms with Gasteiger partial charge in [-0.3, -0.25) is 4.79 Å². The molecule has 0 radical (unpaired) electrons. The summed E-state index contributed by atoms with van der Waals surface area (Å²) in [5.41, 5.74) is 4.83. The van der Waals surface area contributed by atoms with Gasteiger partial charge in [-0.05, 0) is 29.2 Å². The fraction of sp³-hybridized carbons (Fsp3) is 0.118. The zero-order valence-electron chi connectivity index (χ0n) is 10.4. The van der Waals surface area contributed by atoms with E-state index in [0.717, 1.165) is 39.6 Å². The molecule has 0 N–H and O–H groups in total. The lowest BCUT2D eigenvalue weighted by Gasteiger charge is -2.00. The van der Waals surface area contributed by atoms with Crippen molar-refractivity contribution in [2.24, 2.45) is 0 Å². The maximum absolute atomic E-state index is 12.3. The summed E-state index contributed by atoms with van der Waals surface area (Å²) in [6.45, 7) is 0. The lowest BCUT2D eigenvalue weighted by molar-refractivity contribution is 0.104. The van der Waals surface area contributed by atoms with Crippen LogP contribution in [0.2, 0.25) is 0 Å². The van der Waals surface area contributed by atoms with Gasteiger partial charge < -0.3 is 0 Å². The Balaban J connectivity index is 2.03. The molecule has 0 saturated heterocycles. The predicted molar refractivity (Wildman–Crippen MR) is 82.8 cm³/mol. The molecule has 0 bridgehead atoms. The van der Waals surface area contributed by atoms with Crippen LogP contribution in [0.25, 0.3) is 17.2 Å². The SMILES string of the molecule is O=C1c2ccccc2-c2ccc(C=CCCBr)cc21. The quantitative estimate of drug-likeness (QED) is 0.641. The van der Waals surface area contributed by atoms with Crippen LogP contribution in [-0.2, 0) is 0 Å². The zero-order chi connectivity index (χ0) is 13.2. The Bertz CT molecular complexity index is 671. The Morgan fingerprint density at radius 2 is 1.68 bits per heavy atom. The Morgan fingerprint density at radius 3 is 2.47 bits per heavy atom. The maximum atomic E-state index is 12.3. The van der Waals surface area contributed by atoms with Gasteiger partial charge in [0.2, 0.25) is 0 Å². The van der Waals surface area contributed by atoms with Crippen LogP contribution >= 0.6 is 15.9 Å². The third-order valence-electron chi connectivity index (χ3n) is 3.34. The van der Waals surface area contributed by atoms with Gasteiger partial charge in [0.25, 0.3) is 0 Å². The standard InChI is InChI=1S/C17H13BrO/c18-10-4-3-5-12-8-9-14-13-6-1-2-7-15(13)17(19)16(14)11-12/h1-3,5-9,11H,4,10H2. The van der Waals surface area contributed by atoms with Crippen molar-refractivity contribution in [1.82, 2.24) is 0 Å². The van der Waals surface area contributed by atoms with E-state index in [0.29, 0.717) is 0 Å². The van der Waals surface area contributed by atoms with Gasteiger partial charge in [0.15, 0.2) is 5.78 Å². The second-order valence-corrected chi connectivity index (χ2v) is 5.35. The fourth-order valence-electron chi connectivity index (χ4n) is 2.43. The first-order valence-electron chi connectivity index (χ1n) is 6.32. The van der Waals surface area contributed by atoms with Gasteiger partial charge in [-0.15, -0.1) is 0 Å². The first-order chi connectivity index (χ1) is 9.31. The van der Waals surface area contributed by atoms with Crippen LogP contribution in [-0.4, -0.2) is 11.1 Å². The monoisotopic (exact) mass is 312 g/mol. The van der Waals surface area contributed by atoms with Gasteiger partial charge in [0, 0.05) is 16.5 Å². The first kappa shape index (κ1) is 12.4. The zero-order valence-corrected chi connectivity index (χ0v) is 12.0. The van der Waals surface area contributed by atoms with E-state index in [-0.39, 0.29) is 5.78 Å². The molecule has 0 amide bonds. The molecule has 0 atom stereocenters. The summed E-state index contributed by atoms with van der Waals surface area (Å²) in [6.07, 6.45) is 5.17. The summed E-state index contributed by atoms with van der Waals surface area (Å²) in [7, 11) is 0. The highest BCUT2D eigenvalue weighted by Crippen LogP contribution is 2.36. The number of carbonyl (C=O) groups excluding carboxylic acids is 1. The molecule has 1 aliphatic carbocycles. The summed E-state index contributed by atoms with van der Waals surface area (Å²) in [6, 6.07) is 13.9. The molecule has 1 nitrogen and oxygen atoms in total. The number of ketones is 1. The summed E-state index contributed by atoms with van der Waals surface area (Å²) >= 11 is 3.40. The van der Waals surface area contributed by atoms with Gasteiger partial charge in [-0.1, -0.05) is 64.5 Å². The Kier molecular flexibility index (Phi) is 3.34. The van der Waals surface area contributed by atoms with Crippen LogP contribution < -0.4 is 0 Å². The Labute approximate surface area is 121 Å². The molecule has 0 heterocycles. The largest absolute Gasteiger partial charge is 0.289 e. The Morgan fingerprint density at radius 1 is 0.947 bits per heavy atom. The van der Waals surface area contributed by atoms with E-state index in [1.807, 2.05) is 36.4 Å². The number of rotatable bonds is 3. The van der Waals surface area contributed by atoms with Crippen molar-refractivity contribution in [2.45, 2.75) is 6.42 Å². The molecular formula is C17H13BrO. The van der Waals surface area contributed by atoms with Crippen LogP contribution in [0.3, 0.4) is 0 Å². The molecule has 94 valence electrons. The van der Waals surface area contributed by atoms with E-state index in [4.69, 9.17) is 0 Å². The number of hydrogen-bond acceptors (Lipinski definition) is 1. The minimum absolute atomic E-state index is 0.140. The molecular weight excluding hydrogens is 300 g/mol. The smallest absolute Gasteiger partial charge is 0.194 e. The molecule has 0 saturated carbocycles. The molecule has 0 aromatic heterocycles. The van der Waals surface area contributed by atoms with E-state index in [2.05, 4.69) is 34.1 Å². The number of hydrogen-bond donors (Lipinski definition) is 0. The van der Waals surface area contributed by atoms with Crippen molar-refractivity contribution in [2.75, 3.05) is 5.33 Å². The van der Waals surface area contributed by atoms with E-state index in [1.54, 1.807) is 0 Å². The minimum Gasteiger partial charge on any atom is -0.289 e. The molecule has 0 unspecified atom stereocenters. The van der Waals surface area contributed by atoms with Crippen LogP contribution in [0.15, 0.2) is 48.5 Å². The van der Waals surface area contributed by atoms with Crippen molar-refractivity contribution < 1.29 is 4.79 Å². The third kappa shape index (κ3) is 2.17. The molecule has 3 rings (SSSR count). The van der Waals surface area contributed by atoms with Crippen molar-refractivity contribution in [3.05, 3.63) is 65.2 Å². The second-order valence-electron chi connectivity index (χ2n) is 4.56.